The highest BCUT2D eigenvalue weighted by molar-refractivity contribution is 8.00. The molecule has 0 radical (unpaired) electrons. The average molecular weight is 313 g/mol. The summed E-state index contributed by atoms with van der Waals surface area (Å²) in [5.41, 5.74) is 1.40. The Bertz CT molecular complexity index is 519. The topological polar surface area (TPSA) is 55.4 Å². The van der Waals surface area contributed by atoms with Crippen LogP contribution >= 0.6 is 23.1 Å². The van der Waals surface area contributed by atoms with Gasteiger partial charge in [0, 0.05) is 4.88 Å². The second kappa shape index (κ2) is 6.63. The van der Waals surface area contributed by atoms with Crippen LogP contribution in [-0.4, -0.2) is 29.5 Å². The summed E-state index contributed by atoms with van der Waals surface area (Å²) in [6, 6.07) is 0. The lowest BCUT2D eigenvalue weighted by molar-refractivity contribution is -0.115. The summed E-state index contributed by atoms with van der Waals surface area (Å²) >= 11 is 3.12. The monoisotopic (exact) mass is 313 g/mol. The quantitative estimate of drug-likeness (QED) is 0.866. The molecule has 4 nitrogen and oxygen atoms in total. The molecule has 0 saturated carbocycles. The Hall–Kier alpha value is -1.01. The second-order valence-corrected chi connectivity index (χ2v) is 7.23. The minimum atomic E-state index is -0.358. The van der Waals surface area contributed by atoms with Crippen molar-refractivity contribution in [1.82, 2.24) is 0 Å². The first-order valence-electron chi connectivity index (χ1n) is 6.74. The van der Waals surface area contributed by atoms with Gasteiger partial charge in [-0.2, -0.15) is 0 Å². The number of carbonyl (C=O) groups excluding carboxylic acids is 2. The Kier molecular flexibility index (Phi) is 5.10. The van der Waals surface area contributed by atoms with Gasteiger partial charge in [0.1, 0.15) is 5.00 Å². The minimum Gasteiger partial charge on any atom is -0.462 e. The predicted molar refractivity (Wildman–Crippen MR) is 83.9 cm³/mol. The van der Waals surface area contributed by atoms with Crippen molar-refractivity contribution in [1.29, 1.82) is 0 Å². The van der Waals surface area contributed by atoms with Crippen LogP contribution < -0.4 is 5.32 Å². The van der Waals surface area contributed by atoms with Gasteiger partial charge in [0.25, 0.3) is 0 Å². The van der Waals surface area contributed by atoms with Crippen LogP contribution in [0.4, 0.5) is 5.00 Å². The fraction of sp³-hybridized carbons (Fsp3) is 0.571. The molecule has 1 aromatic heterocycles. The molecule has 1 atom stereocenters. The van der Waals surface area contributed by atoms with Gasteiger partial charge < -0.3 is 10.1 Å². The van der Waals surface area contributed by atoms with Crippen molar-refractivity contribution in [3.63, 3.8) is 0 Å². The van der Waals surface area contributed by atoms with E-state index < -0.39 is 0 Å². The highest BCUT2D eigenvalue weighted by Crippen LogP contribution is 2.34. The van der Waals surface area contributed by atoms with E-state index in [-0.39, 0.29) is 17.1 Å². The number of hydrogen-bond donors (Lipinski definition) is 1. The summed E-state index contributed by atoms with van der Waals surface area (Å²) in [7, 11) is 0. The molecule has 110 valence electrons. The Morgan fingerprint density at radius 2 is 2.15 bits per heavy atom. The van der Waals surface area contributed by atoms with Crippen LogP contribution in [0.5, 0.6) is 0 Å². The van der Waals surface area contributed by atoms with E-state index in [1.807, 2.05) is 13.8 Å². The maximum absolute atomic E-state index is 12.2. The van der Waals surface area contributed by atoms with Crippen molar-refractivity contribution in [2.24, 2.45) is 0 Å². The number of esters is 1. The maximum atomic E-state index is 12.2. The fourth-order valence-electron chi connectivity index (χ4n) is 2.14. The summed E-state index contributed by atoms with van der Waals surface area (Å²) in [6.07, 6.45) is 1.99. The zero-order valence-electron chi connectivity index (χ0n) is 11.9. The molecule has 1 aliphatic heterocycles. The van der Waals surface area contributed by atoms with Crippen molar-refractivity contribution in [2.45, 2.75) is 38.9 Å². The molecule has 1 aliphatic rings. The van der Waals surface area contributed by atoms with Crippen molar-refractivity contribution < 1.29 is 14.3 Å². The van der Waals surface area contributed by atoms with Gasteiger partial charge in [-0.25, -0.2) is 4.79 Å². The highest BCUT2D eigenvalue weighted by Gasteiger charge is 2.27. The van der Waals surface area contributed by atoms with E-state index in [4.69, 9.17) is 4.74 Å². The van der Waals surface area contributed by atoms with Crippen molar-refractivity contribution in [3.05, 3.63) is 16.0 Å². The Labute approximate surface area is 127 Å². The first-order valence-corrected chi connectivity index (χ1v) is 8.60. The van der Waals surface area contributed by atoms with Crippen molar-refractivity contribution in [3.8, 4) is 0 Å². The average Bonchev–Trinajstić information content (AvgIpc) is 3.00. The molecule has 1 unspecified atom stereocenters. The molecule has 1 saturated heterocycles. The van der Waals surface area contributed by atoms with Crippen LogP contribution in [0.1, 0.15) is 40.6 Å². The van der Waals surface area contributed by atoms with Crippen LogP contribution in [0.3, 0.4) is 0 Å². The molecule has 6 heteroatoms. The Morgan fingerprint density at radius 3 is 2.75 bits per heavy atom. The van der Waals surface area contributed by atoms with E-state index in [1.54, 1.807) is 18.7 Å². The largest absolute Gasteiger partial charge is 0.462 e. The van der Waals surface area contributed by atoms with Crippen LogP contribution in [0, 0.1) is 13.8 Å². The first kappa shape index (κ1) is 15.4. The highest BCUT2D eigenvalue weighted by atomic mass is 32.2. The molecule has 0 aromatic carbocycles. The maximum Gasteiger partial charge on any atom is 0.341 e. The smallest absolute Gasteiger partial charge is 0.341 e. The van der Waals surface area contributed by atoms with E-state index in [0.717, 1.165) is 29.0 Å². The zero-order valence-corrected chi connectivity index (χ0v) is 13.6. The lowest BCUT2D eigenvalue weighted by Gasteiger charge is -2.10. The third-order valence-corrected chi connectivity index (χ3v) is 5.82. The van der Waals surface area contributed by atoms with Gasteiger partial charge in [-0.3, -0.25) is 4.79 Å². The minimum absolute atomic E-state index is 0.000650. The van der Waals surface area contributed by atoms with E-state index in [1.165, 1.54) is 11.3 Å². The van der Waals surface area contributed by atoms with Gasteiger partial charge in [0.2, 0.25) is 5.91 Å². The lowest BCUT2D eigenvalue weighted by atomic mass is 10.1. The fourth-order valence-corrected chi connectivity index (χ4v) is 4.35. The van der Waals surface area contributed by atoms with Crippen molar-refractivity contribution in [2.75, 3.05) is 17.7 Å². The number of thiophene rings is 1. The molecule has 0 bridgehead atoms. The molecular weight excluding hydrogens is 294 g/mol. The summed E-state index contributed by atoms with van der Waals surface area (Å²) < 4.78 is 5.08. The number of thioether (sulfide) groups is 1. The van der Waals surface area contributed by atoms with Crippen LogP contribution in [-0.2, 0) is 9.53 Å². The van der Waals surface area contributed by atoms with E-state index in [9.17, 15) is 9.59 Å². The molecule has 1 amide bonds. The zero-order chi connectivity index (χ0) is 14.7. The van der Waals surface area contributed by atoms with Gasteiger partial charge in [0.05, 0.1) is 17.4 Å². The first-order chi connectivity index (χ1) is 9.54. The molecule has 1 fully saturated rings. The van der Waals surface area contributed by atoms with Crippen LogP contribution in [0.2, 0.25) is 0 Å². The van der Waals surface area contributed by atoms with Crippen LogP contribution in [0.15, 0.2) is 0 Å². The summed E-state index contributed by atoms with van der Waals surface area (Å²) in [5, 5.41) is 3.54. The van der Waals surface area contributed by atoms with Gasteiger partial charge in [-0.05, 0) is 44.9 Å². The lowest BCUT2D eigenvalue weighted by Crippen LogP contribution is -2.23. The number of ether oxygens (including phenoxy) is 1. The molecule has 2 rings (SSSR count). The van der Waals surface area contributed by atoms with Crippen molar-refractivity contribution >= 4 is 40.0 Å². The number of amides is 1. The van der Waals surface area contributed by atoms with E-state index in [0.29, 0.717) is 17.2 Å². The Morgan fingerprint density at radius 1 is 1.40 bits per heavy atom. The van der Waals surface area contributed by atoms with Gasteiger partial charge in [-0.1, -0.05) is 0 Å². The van der Waals surface area contributed by atoms with E-state index in [2.05, 4.69) is 5.32 Å². The molecule has 0 spiro atoms. The molecule has 20 heavy (non-hydrogen) atoms. The number of nitrogens with one attached hydrogen (secondary N) is 1. The van der Waals surface area contributed by atoms with Gasteiger partial charge in [0.15, 0.2) is 0 Å². The van der Waals surface area contributed by atoms with E-state index >= 15 is 0 Å². The number of hydrogen-bond acceptors (Lipinski definition) is 5. The summed E-state index contributed by atoms with van der Waals surface area (Å²) in [4.78, 5) is 25.3. The summed E-state index contributed by atoms with van der Waals surface area (Å²) in [6.45, 7) is 5.94. The number of rotatable bonds is 4. The third-order valence-electron chi connectivity index (χ3n) is 3.32. The molecule has 2 heterocycles. The second-order valence-electron chi connectivity index (χ2n) is 4.70. The predicted octanol–water partition coefficient (Wildman–Crippen LogP) is 3.38. The number of anilines is 1. The molecule has 1 aromatic rings. The molecular formula is C14H19NO3S2. The van der Waals surface area contributed by atoms with Gasteiger partial charge >= 0.3 is 5.97 Å². The molecule has 0 aliphatic carbocycles. The SMILES string of the molecule is CCOC(=O)c1c(NC(=O)C2CCCS2)sc(C)c1C. The summed E-state index contributed by atoms with van der Waals surface area (Å²) in [5.74, 6) is 0.675. The standard InChI is InChI=1S/C14H19NO3S2/c1-4-18-14(17)11-8(2)9(3)20-13(11)15-12(16)10-6-5-7-19-10/h10H,4-7H2,1-3H3,(H,15,16). The Balaban J connectivity index is 2.20. The third kappa shape index (κ3) is 3.17. The number of aryl methyl sites for hydroxylation is 1. The normalized spacial score (nSPS) is 18.1. The van der Waals surface area contributed by atoms with Crippen LogP contribution in [0.25, 0.3) is 0 Å². The van der Waals surface area contributed by atoms with Gasteiger partial charge in [-0.15, -0.1) is 23.1 Å². The number of carbonyl (C=O) groups is 2. The molecule has 1 N–H and O–H groups in total.